The normalized spacial score (nSPS) is 43.3. The van der Waals surface area contributed by atoms with Gasteiger partial charge in [0.25, 0.3) is 0 Å². The zero-order valence-corrected chi connectivity index (χ0v) is 13.3. The van der Waals surface area contributed by atoms with Gasteiger partial charge in [-0.25, -0.2) is 0 Å². The van der Waals surface area contributed by atoms with E-state index in [0.29, 0.717) is 36.0 Å². The Bertz CT molecular complexity index is 587. The summed E-state index contributed by atoms with van der Waals surface area (Å²) in [5.74, 6) is 2.62. The Morgan fingerprint density at radius 3 is 2.91 bits per heavy atom. The minimum atomic E-state index is -0.187. The molecular formula is C19H27NO2. The number of phenolic OH excluding ortho intramolecular Hbond substituents is 1. The quantitative estimate of drug-likeness (QED) is 0.747. The molecule has 0 bridgehead atoms. The van der Waals surface area contributed by atoms with E-state index in [0.717, 1.165) is 25.7 Å². The van der Waals surface area contributed by atoms with Gasteiger partial charge in [-0.2, -0.15) is 0 Å². The third kappa shape index (κ3) is 1.88. The first-order valence-electron chi connectivity index (χ1n) is 8.74. The molecule has 3 heteroatoms. The second kappa shape index (κ2) is 4.97. The number of benzene rings is 1. The molecular weight excluding hydrogens is 274 g/mol. The summed E-state index contributed by atoms with van der Waals surface area (Å²) < 4.78 is 0. The molecule has 0 aromatic heterocycles. The van der Waals surface area contributed by atoms with Crippen LogP contribution in [0.15, 0.2) is 18.2 Å². The van der Waals surface area contributed by atoms with E-state index in [2.05, 4.69) is 13.0 Å². The van der Waals surface area contributed by atoms with Gasteiger partial charge in [0.2, 0.25) is 0 Å². The average molecular weight is 301 g/mol. The number of aliphatic hydroxyl groups excluding tert-OH is 1. The van der Waals surface area contributed by atoms with Crippen molar-refractivity contribution in [3.63, 3.8) is 0 Å². The maximum Gasteiger partial charge on any atom is 0.115 e. The summed E-state index contributed by atoms with van der Waals surface area (Å²) in [6, 6.07) is 5.91. The van der Waals surface area contributed by atoms with Gasteiger partial charge >= 0.3 is 0 Å². The molecule has 4 N–H and O–H groups in total. The van der Waals surface area contributed by atoms with Crippen molar-refractivity contribution in [2.75, 3.05) is 6.54 Å². The molecule has 0 spiro atoms. The van der Waals surface area contributed by atoms with Crippen LogP contribution in [0.25, 0.3) is 0 Å². The summed E-state index contributed by atoms with van der Waals surface area (Å²) >= 11 is 0. The van der Waals surface area contributed by atoms with Crippen molar-refractivity contribution >= 4 is 0 Å². The lowest BCUT2D eigenvalue weighted by Gasteiger charge is -2.51. The number of hydrogen-bond acceptors (Lipinski definition) is 3. The van der Waals surface area contributed by atoms with Gasteiger partial charge in [-0.1, -0.05) is 13.0 Å². The summed E-state index contributed by atoms with van der Waals surface area (Å²) in [6.45, 7) is 2.99. The predicted molar refractivity (Wildman–Crippen MR) is 86.7 cm³/mol. The van der Waals surface area contributed by atoms with Gasteiger partial charge < -0.3 is 15.9 Å². The molecule has 2 unspecified atom stereocenters. The van der Waals surface area contributed by atoms with Crippen LogP contribution in [0, 0.1) is 23.2 Å². The number of fused-ring (bicyclic) bond motifs is 5. The molecule has 2 saturated carbocycles. The van der Waals surface area contributed by atoms with Crippen LogP contribution >= 0.6 is 0 Å². The van der Waals surface area contributed by atoms with Gasteiger partial charge in [-0.05, 0) is 91.0 Å². The van der Waals surface area contributed by atoms with E-state index in [-0.39, 0.29) is 11.5 Å². The Morgan fingerprint density at radius 1 is 1.32 bits per heavy atom. The van der Waals surface area contributed by atoms with Crippen LogP contribution in [-0.4, -0.2) is 22.9 Å². The summed E-state index contributed by atoms with van der Waals surface area (Å²) in [5.41, 5.74) is 8.87. The Morgan fingerprint density at radius 2 is 2.14 bits per heavy atom. The average Bonchev–Trinajstić information content (AvgIpc) is 2.78. The van der Waals surface area contributed by atoms with Crippen LogP contribution in [0.3, 0.4) is 0 Å². The number of phenols is 1. The van der Waals surface area contributed by atoms with Crippen molar-refractivity contribution in [1.82, 2.24) is 0 Å². The highest BCUT2D eigenvalue weighted by Crippen LogP contribution is 2.62. The molecule has 1 aromatic rings. The Kier molecular flexibility index (Phi) is 3.28. The maximum atomic E-state index is 10.6. The smallest absolute Gasteiger partial charge is 0.115 e. The first kappa shape index (κ1) is 14.5. The first-order chi connectivity index (χ1) is 10.5. The Hall–Kier alpha value is -1.06. The third-order valence-corrected chi connectivity index (χ3v) is 7.10. The van der Waals surface area contributed by atoms with Crippen LogP contribution in [0.4, 0.5) is 0 Å². The van der Waals surface area contributed by atoms with Gasteiger partial charge in [-0.3, -0.25) is 0 Å². The number of nitrogens with two attached hydrogens (primary N) is 1. The summed E-state index contributed by atoms with van der Waals surface area (Å²) in [6.07, 6.45) is 5.16. The highest BCUT2D eigenvalue weighted by molar-refractivity contribution is 5.40. The highest BCUT2D eigenvalue weighted by Gasteiger charge is 2.57. The van der Waals surface area contributed by atoms with Crippen molar-refractivity contribution in [2.24, 2.45) is 28.9 Å². The van der Waals surface area contributed by atoms with Crippen LogP contribution in [0.5, 0.6) is 5.75 Å². The van der Waals surface area contributed by atoms with Crippen molar-refractivity contribution < 1.29 is 10.2 Å². The molecule has 120 valence electrons. The van der Waals surface area contributed by atoms with E-state index in [1.165, 1.54) is 17.5 Å². The van der Waals surface area contributed by atoms with Crippen LogP contribution in [-0.2, 0) is 6.42 Å². The molecule has 3 nitrogen and oxygen atoms in total. The van der Waals surface area contributed by atoms with E-state index in [1.54, 1.807) is 0 Å². The second-order valence-electron chi connectivity index (χ2n) is 8.01. The van der Waals surface area contributed by atoms with Gasteiger partial charge in [-0.15, -0.1) is 0 Å². The lowest BCUT2D eigenvalue weighted by molar-refractivity contribution is -0.0292. The maximum absolute atomic E-state index is 10.6. The van der Waals surface area contributed by atoms with Gasteiger partial charge in [0.1, 0.15) is 5.75 Å². The van der Waals surface area contributed by atoms with Crippen LogP contribution < -0.4 is 5.73 Å². The van der Waals surface area contributed by atoms with E-state index in [4.69, 9.17) is 5.73 Å². The summed E-state index contributed by atoms with van der Waals surface area (Å²) in [4.78, 5) is 0. The summed E-state index contributed by atoms with van der Waals surface area (Å²) in [7, 11) is 0. The molecule has 3 aliphatic carbocycles. The Balaban J connectivity index is 1.73. The van der Waals surface area contributed by atoms with Crippen molar-refractivity contribution in [1.29, 1.82) is 0 Å². The molecule has 4 rings (SSSR count). The molecule has 1 aromatic carbocycles. The lowest BCUT2D eigenvalue weighted by atomic mass is 9.54. The minimum Gasteiger partial charge on any atom is -0.508 e. The van der Waals surface area contributed by atoms with E-state index < -0.39 is 0 Å². The molecule has 0 saturated heterocycles. The zero-order chi connectivity index (χ0) is 15.5. The lowest BCUT2D eigenvalue weighted by Crippen LogP contribution is -2.46. The molecule has 0 aliphatic heterocycles. The fraction of sp³-hybridized carbons (Fsp3) is 0.684. The molecule has 3 aliphatic rings. The summed E-state index contributed by atoms with van der Waals surface area (Å²) in [5, 5.41) is 20.4. The first-order valence-corrected chi connectivity index (χ1v) is 8.74. The molecule has 2 fully saturated rings. The molecule has 22 heavy (non-hydrogen) atoms. The Labute approximate surface area is 132 Å². The van der Waals surface area contributed by atoms with Gasteiger partial charge in [0.05, 0.1) is 6.10 Å². The minimum absolute atomic E-state index is 0.0552. The number of aryl methyl sites for hydroxylation is 1. The fourth-order valence-corrected chi connectivity index (χ4v) is 6.07. The van der Waals surface area contributed by atoms with Crippen molar-refractivity contribution in [3.8, 4) is 5.75 Å². The molecule has 6 atom stereocenters. The third-order valence-electron chi connectivity index (χ3n) is 7.10. The number of hydrogen-bond donors (Lipinski definition) is 3. The second-order valence-corrected chi connectivity index (χ2v) is 8.01. The van der Waals surface area contributed by atoms with Crippen LogP contribution in [0.2, 0.25) is 0 Å². The molecule has 0 radical (unpaired) electrons. The number of rotatable bonds is 1. The number of aliphatic hydroxyl groups is 1. The highest BCUT2D eigenvalue weighted by atomic mass is 16.3. The molecule has 0 heterocycles. The largest absolute Gasteiger partial charge is 0.508 e. The zero-order valence-electron chi connectivity index (χ0n) is 13.3. The topological polar surface area (TPSA) is 66.5 Å². The predicted octanol–water partition coefficient (Wildman–Crippen LogP) is 2.79. The van der Waals surface area contributed by atoms with Gasteiger partial charge in [0.15, 0.2) is 0 Å². The van der Waals surface area contributed by atoms with Gasteiger partial charge in [0, 0.05) is 0 Å². The molecule has 0 amide bonds. The monoisotopic (exact) mass is 301 g/mol. The van der Waals surface area contributed by atoms with E-state index in [9.17, 15) is 10.2 Å². The van der Waals surface area contributed by atoms with Crippen molar-refractivity contribution in [2.45, 2.75) is 51.0 Å². The van der Waals surface area contributed by atoms with Crippen LogP contribution in [0.1, 0.15) is 49.7 Å². The number of aromatic hydroxyl groups is 1. The van der Waals surface area contributed by atoms with Crippen molar-refractivity contribution in [3.05, 3.63) is 29.3 Å². The standard InChI is InChI=1S/C19H27NO2/c1-19-7-6-15-14-5-3-13(21)8-11(14)2-4-16(15)18(19)12(10-20)9-17(19)22/h3,5,8,12,15-18,21-22H,2,4,6-7,9-10,20H2,1H3/t12?,15-,16-,17?,18+,19-/m1/s1. The fourth-order valence-electron chi connectivity index (χ4n) is 6.07. The van der Waals surface area contributed by atoms with E-state index >= 15 is 0 Å². The SMILES string of the molecule is C[C@]12CC[C@@H]3c4ccc(O)cc4CC[C@H]3[C@@H]1C(CN)CC2O. The van der Waals surface area contributed by atoms with E-state index in [1.807, 2.05) is 12.1 Å².